The van der Waals surface area contributed by atoms with Crippen molar-refractivity contribution in [1.29, 1.82) is 0 Å². The van der Waals surface area contributed by atoms with Gasteiger partial charge in [0.1, 0.15) is 58.2 Å². The van der Waals surface area contributed by atoms with Gasteiger partial charge in [-0.3, -0.25) is 20.0 Å². The molecule has 60 heavy (non-hydrogen) atoms. The van der Waals surface area contributed by atoms with Gasteiger partial charge in [0.2, 0.25) is 0 Å². The number of hydroxylamine groups is 4. The van der Waals surface area contributed by atoms with Crippen LogP contribution in [0.4, 0.5) is 4.79 Å². The van der Waals surface area contributed by atoms with E-state index in [2.05, 4.69) is 20.4 Å². The van der Waals surface area contributed by atoms with Crippen molar-refractivity contribution in [2.24, 2.45) is 0 Å². The molecule has 2 amide bonds. The van der Waals surface area contributed by atoms with E-state index in [1.807, 2.05) is 102 Å². The fourth-order valence-electron chi connectivity index (χ4n) is 6.48. The third kappa shape index (κ3) is 10.2. The Kier molecular flexibility index (Phi) is 12.7. The Bertz CT molecular complexity index is 2280. The van der Waals surface area contributed by atoms with Crippen molar-refractivity contribution in [2.45, 2.75) is 78.1 Å². The number of rotatable bonds is 14. The van der Waals surface area contributed by atoms with Crippen LogP contribution < -0.4 is 0 Å². The number of aromatic hydroxyl groups is 2. The number of benzene rings is 4. The second-order valence-corrected chi connectivity index (χ2v) is 16.4. The Labute approximate surface area is 346 Å². The first-order chi connectivity index (χ1) is 28.4. The molecule has 316 valence electrons. The van der Waals surface area contributed by atoms with Gasteiger partial charge in [-0.1, -0.05) is 77.9 Å². The number of carbonyl (C=O) groups excluding carboxylic acids is 3. The van der Waals surface area contributed by atoms with Crippen LogP contribution in [0.15, 0.2) is 72.8 Å². The summed E-state index contributed by atoms with van der Waals surface area (Å²) < 4.78 is 10.5. The van der Waals surface area contributed by atoms with E-state index in [1.165, 1.54) is 9.59 Å². The predicted octanol–water partition coefficient (Wildman–Crippen LogP) is 6.31. The highest BCUT2D eigenvalue weighted by atomic mass is 16.6. The molecule has 4 N–H and O–H groups in total. The molecule has 0 saturated heterocycles. The SMILES string of the molecule is CC(C)(C)c1cc(CCC(=O)OCCN(O)C(=O)N(O)CCOC(=O)CCc2cc(-n3nc4ccccc4n3)c(O)c(C(C)(C)C)c2)cc(-n2nc3ccccc3n2)c1O. The van der Waals surface area contributed by atoms with Crippen molar-refractivity contribution in [2.75, 3.05) is 26.3 Å². The van der Waals surface area contributed by atoms with E-state index in [4.69, 9.17) is 9.47 Å². The maximum absolute atomic E-state index is 12.6. The number of amides is 2. The molecule has 17 nitrogen and oxygen atoms in total. The summed E-state index contributed by atoms with van der Waals surface area (Å²) in [6, 6.07) is 20.5. The van der Waals surface area contributed by atoms with E-state index in [0.29, 0.717) is 44.6 Å². The van der Waals surface area contributed by atoms with E-state index >= 15 is 0 Å². The lowest BCUT2D eigenvalue weighted by Crippen LogP contribution is -2.42. The summed E-state index contributed by atoms with van der Waals surface area (Å²) in [6.45, 7) is 10.2. The molecule has 0 fully saturated rings. The number of ether oxygens (including phenoxy) is 2. The van der Waals surface area contributed by atoms with Crippen molar-refractivity contribution >= 4 is 40.0 Å². The molecule has 4 aromatic carbocycles. The number of urea groups is 1. The molecule has 0 aliphatic heterocycles. The molecular formula is C43H50N8O9. The third-order valence-corrected chi connectivity index (χ3v) is 9.73. The fraction of sp³-hybridized carbons (Fsp3) is 0.372. The lowest BCUT2D eigenvalue weighted by molar-refractivity contribution is -0.152. The van der Waals surface area contributed by atoms with Crippen molar-refractivity contribution in [1.82, 2.24) is 40.1 Å². The van der Waals surface area contributed by atoms with Crippen molar-refractivity contribution in [3.63, 3.8) is 0 Å². The minimum Gasteiger partial charge on any atom is -0.505 e. The van der Waals surface area contributed by atoms with E-state index in [1.54, 1.807) is 12.1 Å². The molecule has 0 atom stereocenters. The Morgan fingerprint density at radius 3 is 1.23 bits per heavy atom. The number of fused-ring (bicyclic) bond motifs is 2. The zero-order valence-corrected chi connectivity index (χ0v) is 34.5. The van der Waals surface area contributed by atoms with Crippen molar-refractivity contribution in [3.05, 3.63) is 95.1 Å². The lowest BCUT2D eigenvalue weighted by Gasteiger charge is -2.23. The Morgan fingerprint density at radius 1 is 0.583 bits per heavy atom. The molecular weight excluding hydrogens is 773 g/mol. The minimum absolute atomic E-state index is 0.0336. The molecule has 0 aliphatic rings. The number of esters is 2. The molecule has 6 aromatic rings. The van der Waals surface area contributed by atoms with Gasteiger partial charge in [0.15, 0.2) is 0 Å². The Morgan fingerprint density at radius 2 is 0.917 bits per heavy atom. The largest absolute Gasteiger partial charge is 0.505 e. The van der Waals surface area contributed by atoms with Gasteiger partial charge in [-0.05, 0) is 71.2 Å². The summed E-state index contributed by atoms with van der Waals surface area (Å²) in [4.78, 5) is 40.6. The topological polar surface area (TPSA) is 218 Å². The van der Waals surface area contributed by atoms with Gasteiger partial charge in [0, 0.05) is 24.0 Å². The van der Waals surface area contributed by atoms with E-state index in [0.717, 1.165) is 11.1 Å². The van der Waals surface area contributed by atoms with Crippen LogP contribution in [0.5, 0.6) is 11.5 Å². The van der Waals surface area contributed by atoms with Crippen LogP contribution in [-0.4, -0.2) is 105 Å². The molecule has 6 rings (SSSR count). The van der Waals surface area contributed by atoms with Crippen LogP contribution in [0.1, 0.15) is 76.6 Å². The molecule has 0 spiro atoms. The van der Waals surface area contributed by atoms with E-state index < -0.39 is 41.9 Å². The van der Waals surface area contributed by atoms with E-state index in [-0.39, 0.29) is 60.5 Å². The summed E-state index contributed by atoms with van der Waals surface area (Å²) >= 11 is 0. The summed E-state index contributed by atoms with van der Waals surface area (Å²) in [5.41, 5.74) is 5.30. The highest BCUT2D eigenvalue weighted by Gasteiger charge is 2.26. The molecule has 2 heterocycles. The monoisotopic (exact) mass is 822 g/mol. The summed E-state index contributed by atoms with van der Waals surface area (Å²) in [5.74, 6) is -1.12. The standard InChI is InChI=1S/C43H50N8O9/c1-42(2,3)29-23-27(25-35(39(29)54)50-44-31-11-7-8-12-32(31)45-50)15-17-37(52)59-21-19-48(57)41(56)49(58)20-22-60-38(53)18-16-28-24-30(43(4,5)6)40(55)36(26-28)51-46-33-13-9-10-14-34(33)47-51/h7-14,23-26,54-55,57-58H,15-22H2,1-6H3. The van der Waals surface area contributed by atoms with Gasteiger partial charge in [-0.15, -0.1) is 30.0 Å². The first-order valence-electron chi connectivity index (χ1n) is 19.5. The molecule has 0 bridgehead atoms. The normalized spacial score (nSPS) is 11.9. The number of hydrogen-bond acceptors (Lipinski definition) is 13. The highest BCUT2D eigenvalue weighted by Crippen LogP contribution is 2.38. The number of aromatic nitrogens is 6. The number of phenolic OH excluding ortho intramolecular Hbond substituents is 2. The van der Waals surface area contributed by atoms with Crippen LogP contribution in [0, 0.1) is 0 Å². The summed E-state index contributed by atoms with van der Waals surface area (Å²) in [6.07, 6.45) is 0.442. The molecule has 0 radical (unpaired) electrons. The van der Waals surface area contributed by atoms with Gasteiger partial charge in [0.05, 0.1) is 13.1 Å². The maximum atomic E-state index is 12.6. The average Bonchev–Trinajstić information content (AvgIpc) is 3.83. The van der Waals surface area contributed by atoms with Crippen molar-refractivity contribution in [3.8, 4) is 22.9 Å². The molecule has 2 aromatic heterocycles. The zero-order chi connectivity index (χ0) is 43.4. The quantitative estimate of drug-likeness (QED) is 0.0538. The van der Waals surface area contributed by atoms with E-state index in [9.17, 15) is 35.0 Å². The number of nitrogens with zero attached hydrogens (tertiary/aromatic N) is 8. The second kappa shape index (κ2) is 17.7. The van der Waals surface area contributed by atoms with Gasteiger partial charge in [-0.25, -0.2) is 14.9 Å². The zero-order valence-electron chi connectivity index (χ0n) is 34.5. The summed E-state index contributed by atoms with van der Waals surface area (Å²) in [7, 11) is 0. The highest BCUT2D eigenvalue weighted by molar-refractivity contribution is 5.75. The number of phenols is 2. The smallest absolute Gasteiger partial charge is 0.367 e. The van der Waals surface area contributed by atoms with Crippen LogP contribution in [0.3, 0.4) is 0 Å². The van der Waals surface area contributed by atoms with Crippen LogP contribution >= 0.6 is 0 Å². The fourth-order valence-corrected chi connectivity index (χ4v) is 6.48. The Hall–Kier alpha value is -6.59. The van der Waals surface area contributed by atoms with Crippen molar-refractivity contribution < 1.29 is 44.5 Å². The molecule has 17 heteroatoms. The first-order valence-corrected chi connectivity index (χ1v) is 19.5. The van der Waals surface area contributed by atoms with Gasteiger partial charge < -0.3 is 19.7 Å². The minimum atomic E-state index is -1.21. The number of hydrogen-bond donors (Lipinski definition) is 4. The van der Waals surface area contributed by atoms with Crippen LogP contribution in [0.2, 0.25) is 0 Å². The van der Waals surface area contributed by atoms with Gasteiger partial charge in [-0.2, -0.15) is 0 Å². The van der Waals surface area contributed by atoms with Crippen LogP contribution in [0.25, 0.3) is 33.4 Å². The van der Waals surface area contributed by atoms with Gasteiger partial charge >= 0.3 is 18.0 Å². The average molecular weight is 823 g/mol. The predicted molar refractivity (Wildman–Crippen MR) is 219 cm³/mol. The molecule has 0 saturated carbocycles. The van der Waals surface area contributed by atoms with Gasteiger partial charge in [0.25, 0.3) is 0 Å². The number of carbonyl (C=O) groups is 3. The molecule has 0 aliphatic carbocycles. The first kappa shape index (κ1) is 43.0. The second-order valence-electron chi connectivity index (χ2n) is 16.4. The molecule has 0 unspecified atom stereocenters. The lowest BCUT2D eigenvalue weighted by atomic mass is 9.84. The number of aryl methyl sites for hydroxylation is 2. The summed E-state index contributed by atoms with van der Waals surface area (Å²) in [5, 5.41) is 61.2. The Balaban J connectivity index is 0.950. The maximum Gasteiger partial charge on any atom is 0.367 e. The van der Waals surface area contributed by atoms with Crippen LogP contribution in [-0.2, 0) is 42.7 Å². The third-order valence-electron chi connectivity index (χ3n) is 9.73.